The Kier molecular flexibility index (Phi) is 5.27. The Balaban J connectivity index is 0.000000252. The third kappa shape index (κ3) is 6.80. The van der Waals surface area contributed by atoms with E-state index in [1.807, 2.05) is 0 Å². The van der Waals surface area contributed by atoms with Crippen LogP contribution >= 0.6 is 0 Å². The Morgan fingerprint density at radius 3 is 2.08 bits per heavy atom. The summed E-state index contributed by atoms with van der Waals surface area (Å²) in [6.45, 7) is 6.23. The lowest BCUT2D eigenvalue weighted by Gasteiger charge is -1.90. The first-order valence-corrected chi connectivity index (χ1v) is 3.78. The van der Waals surface area contributed by atoms with Crippen molar-refractivity contribution >= 4 is 11.9 Å². The number of hydrogen-bond acceptors (Lipinski definition) is 3. The lowest BCUT2D eigenvalue weighted by Crippen LogP contribution is -2.00. The number of carboxylic acid groups (broad SMARTS) is 1. The van der Waals surface area contributed by atoms with E-state index in [1.165, 1.54) is 6.26 Å². The van der Waals surface area contributed by atoms with Gasteiger partial charge in [-0.05, 0) is 12.8 Å². The summed E-state index contributed by atoms with van der Waals surface area (Å²) in [4.78, 5) is 19.8. The second kappa shape index (κ2) is 5.99. The molecule has 0 unspecified atom stereocenters. The highest BCUT2D eigenvalue weighted by Crippen LogP contribution is 2.29. The highest BCUT2D eigenvalue weighted by atomic mass is 16.5. The molecule has 0 spiro atoms. The van der Waals surface area contributed by atoms with Gasteiger partial charge in [-0.3, -0.25) is 4.79 Å². The van der Waals surface area contributed by atoms with Gasteiger partial charge in [-0.15, -0.1) is 0 Å². The van der Waals surface area contributed by atoms with Gasteiger partial charge >= 0.3 is 11.9 Å². The Morgan fingerprint density at radius 2 is 1.85 bits per heavy atom. The third-order valence-electron chi connectivity index (χ3n) is 1.28. The molecule has 4 nitrogen and oxygen atoms in total. The van der Waals surface area contributed by atoms with E-state index in [2.05, 4.69) is 17.9 Å². The van der Waals surface area contributed by atoms with Crippen LogP contribution in [-0.4, -0.2) is 17.0 Å². The quantitative estimate of drug-likeness (QED) is 0.408. The topological polar surface area (TPSA) is 63.6 Å². The maximum atomic E-state index is 10.5. The van der Waals surface area contributed by atoms with Gasteiger partial charge < -0.3 is 9.84 Å². The standard InChI is InChI=1S/C6H8O2.C3H4O2/c1-2-8-6(7)5-3-4-5;1-2-3(4)5/h2,5H,1,3-4H2;2H,1H2,(H,4,5). The van der Waals surface area contributed by atoms with Crippen LogP contribution in [0.3, 0.4) is 0 Å². The summed E-state index contributed by atoms with van der Waals surface area (Å²) in [6, 6.07) is 0. The molecule has 0 amide bonds. The second-order valence-corrected chi connectivity index (χ2v) is 2.42. The zero-order chi connectivity index (χ0) is 10.3. The van der Waals surface area contributed by atoms with Crippen LogP contribution in [0.2, 0.25) is 0 Å². The Morgan fingerprint density at radius 1 is 1.38 bits per heavy atom. The molecule has 1 fully saturated rings. The molecule has 0 aromatic rings. The molecule has 0 saturated heterocycles. The van der Waals surface area contributed by atoms with E-state index in [1.54, 1.807) is 0 Å². The molecule has 13 heavy (non-hydrogen) atoms. The van der Waals surface area contributed by atoms with Crippen LogP contribution in [-0.2, 0) is 14.3 Å². The molecule has 0 bridgehead atoms. The van der Waals surface area contributed by atoms with Gasteiger partial charge in [0.15, 0.2) is 0 Å². The maximum Gasteiger partial charge on any atom is 0.327 e. The predicted octanol–water partition coefficient (Wildman–Crippen LogP) is 1.34. The minimum Gasteiger partial charge on any atom is -0.478 e. The molecule has 1 aliphatic rings. The molecule has 72 valence electrons. The number of ether oxygens (including phenoxy) is 1. The van der Waals surface area contributed by atoms with Crippen LogP contribution < -0.4 is 0 Å². The van der Waals surface area contributed by atoms with E-state index in [4.69, 9.17) is 5.11 Å². The van der Waals surface area contributed by atoms with Crippen molar-refractivity contribution in [2.45, 2.75) is 12.8 Å². The van der Waals surface area contributed by atoms with Gasteiger partial charge in [0.1, 0.15) is 0 Å². The molecule has 1 saturated carbocycles. The fourth-order valence-electron chi connectivity index (χ4n) is 0.497. The zero-order valence-electron chi connectivity index (χ0n) is 7.23. The summed E-state index contributed by atoms with van der Waals surface area (Å²) in [5.41, 5.74) is 0. The molecule has 0 heterocycles. The smallest absolute Gasteiger partial charge is 0.327 e. The fraction of sp³-hybridized carbons (Fsp3) is 0.333. The molecule has 0 aromatic heterocycles. The molecule has 1 N–H and O–H groups in total. The largest absolute Gasteiger partial charge is 0.478 e. The normalized spacial score (nSPS) is 13.2. The van der Waals surface area contributed by atoms with E-state index in [-0.39, 0.29) is 11.9 Å². The minimum atomic E-state index is -0.981. The van der Waals surface area contributed by atoms with E-state index in [9.17, 15) is 9.59 Å². The van der Waals surface area contributed by atoms with Gasteiger partial charge in [0.05, 0.1) is 12.2 Å². The molecular formula is C9H12O4. The van der Waals surface area contributed by atoms with Crippen LogP contribution in [0.15, 0.2) is 25.5 Å². The predicted molar refractivity (Wildman–Crippen MR) is 46.8 cm³/mol. The summed E-state index contributed by atoms with van der Waals surface area (Å²) in [5, 5.41) is 7.60. The Labute approximate surface area is 76.5 Å². The van der Waals surface area contributed by atoms with Crippen LogP contribution in [0.5, 0.6) is 0 Å². The van der Waals surface area contributed by atoms with Crippen LogP contribution in [0.25, 0.3) is 0 Å². The van der Waals surface area contributed by atoms with Gasteiger partial charge in [0, 0.05) is 6.08 Å². The van der Waals surface area contributed by atoms with Crippen molar-refractivity contribution in [3.8, 4) is 0 Å². The van der Waals surface area contributed by atoms with E-state index in [0.29, 0.717) is 0 Å². The number of esters is 1. The number of carboxylic acids is 1. The average molecular weight is 184 g/mol. The van der Waals surface area contributed by atoms with Gasteiger partial charge in [0.25, 0.3) is 0 Å². The van der Waals surface area contributed by atoms with Crippen molar-refractivity contribution in [1.82, 2.24) is 0 Å². The summed E-state index contributed by atoms with van der Waals surface area (Å²) >= 11 is 0. The average Bonchev–Trinajstić information content (AvgIpc) is 2.88. The molecule has 0 aromatic carbocycles. The number of carbonyl (C=O) groups excluding carboxylic acids is 1. The Bertz CT molecular complexity index is 216. The van der Waals surface area contributed by atoms with Gasteiger partial charge in [-0.25, -0.2) is 4.79 Å². The van der Waals surface area contributed by atoms with Crippen molar-refractivity contribution < 1.29 is 19.4 Å². The molecule has 0 atom stereocenters. The summed E-state index contributed by atoms with van der Waals surface area (Å²) in [6.07, 6.45) is 4.00. The summed E-state index contributed by atoms with van der Waals surface area (Å²) < 4.78 is 4.49. The minimum absolute atomic E-state index is 0.125. The monoisotopic (exact) mass is 184 g/mol. The molecular weight excluding hydrogens is 172 g/mol. The van der Waals surface area contributed by atoms with Crippen molar-refractivity contribution in [3.05, 3.63) is 25.5 Å². The lowest BCUT2D eigenvalue weighted by atomic mass is 10.4. The van der Waals surface area contributed by atoms with E-state index < -0.39 is 5.97 Å². The fourth-order valence-corrected chi connectivity index (χ4v) is 0.497. The Hall–Kier alpha value is -1.58. The molecule has 1 rings (SSSR count). The second-order valence-electron chi connectivity index (χ2n) is 2.42. The molecule has 1 aliphatic carbocycles. The number of hydrogen-bond donors (Lipinski definition) is 1. The maximum absolute atomic E-state index is 10.5. The van der Waals surface area contributed by atoms with Crippen molar-refractivity contribution in [2.24, 2.45) is 5.92 Å². The van der Waals surface area contributed by atoms with Crippen LogP contribution in [0, 0.1) is 5.92 Å². The van der Waals surface area contributed by atoms with Crippen LogP contribution in [0.4, 0.5) is 0 Å². The lowest BCUT2D eigenvalue weighted by molar-refractivity contribution is -0.139. The molecule has 0 aliphatic heterocycles. The van der Waals surface area contributed by atoms with Gasteiger partial charge in [-0.1, -0.05) is 13.2 Å². The third-order valence-corrected chi connectivity index (χ3v) is 1.28. The first kappa shape index (κ1) is 11.4. The van der Waals surface area contributed by atoms with Gasteiger partial charge in [-0.2, -0.15) is 0 Å². The summed E-state index contributed by atoms with van der Waals surface area (Å²) in [7, 11) is 0. The van der Waals surface area contributed by atoms with Crippen molar-refractivity contribution in [2.75, 3.05) is 0 Å². The van der Waals surface area contributed by atoms with Gasteiger partial charge in [0.2, 0.25) is 0 Å². The van der Waals surface area contributed by atoms with Crippen LogP contribution in [0.1, 0.15) is 12.8 Å². The van der Waals surface area contributed by atoms with E-state index >= 15 is 0 Å². The van der Waals surface area contributed by atoms with Crippen molar-refractivity contribution in [3.63, 3.8) is 0 Å². The SMILES string of the molecule is C=CC(=O)O.C=COC(=O)C1CC1. The number of rotatable bonds is 3. The highest BCUT2D eigenvalue weighted by Gasteiger charge is 2.30. The van der Waals surface area contributed by atoms with E-state index in [0.717, 1.165) is 18.9 Å². The zero-order valence-corrected chi connectivity index (χ0v) is 7.23. The van der Waals surface area contributed by atoms with Crippen molar-refractivity contribution in [1.29, 1.82) is 0 Å². The number of aliphatic carboxylic acids is 1. The summed E-state index contributed by atoms with van der Waals surface area (Å²) in [5.74, 6) is -0.919. The number of carbonyl (C=O) groups is 2. The first-order chi connectivity index (χ1) is 6.11. The molecule has 0 radical (unpaired) electrons. The molecule has 4 heteroatoms. The first-order valence-electron chi connectivity index (χ1n) is 3.78. The highest BCUT2D eigenvalue weighted by molar-refractivity contribution is 5.78.